The molecule has 0 radical (unpaired) electrons. The highest BCUT2D eigenvalue weighted by molar-refractivity contribution is 5.86. The van der Waals surface area contributed by atoms with Crippen LogP contribution >= 0.6 is 0 Å². The van der Waals surface area contributed by atoms with Gasteiger partial charge in [-0.25, -0.2) is 0 Å². The van der Waals surface area contributed by atoms with Gasteiger partial charge in [0.05, 0.1) is 7.11 Å². The average Bonchev–Trinajstić information content (AvgIpc) is 2.54. The number of fused-ring (bicyclic) bond motifs is 1. The largest absolute Gasteiger partial charge is 0.496 e. The number of hydrogen-bond donors (Lipinski definition) is 0. The molecule has 4 nitrogen and oxygen atoms in total. The summed E-state index contributed by atoms with van der Waals surface area (Å²) in [5.41, 5.74) is 0.348. The van der Waals surface area contributed by atoms with E-state index in [9.17, 15) is 13.6 Å². The minimum atomic E-state index is -3.06. The van der Waals surface area contributed by atoms with Crippen LogP contribution < -0.4 is 14.9 Å². The zero-order valence-corrected chi connectivity index (χ0v) is 12.1. The van der Waals surface area contributed by atoms with Crippen LogP contribution in [0.15, 0.2) is 57.7 Å². The van der Waals surface area contributed by atoms with Crippen LogP contribution in [0.25, 0.3) is 22.3 Å². The number of halogens is 2. The highest BCUT2D eigenvalue weighted by Crippen LogP contribution is 2.32. The molecule has 0 N–H and O–H groups in total. The first-order valence-corrected chi connectivity index (χ1v) is 6.74. The van der Waals surface area contributed by atoms with Crippen LogP contribution in [-0.2, 0) is 0 Å². The van der Waals surface area contributed by atoms with E-state index in [-0.39, 0.29) is 22.5 Å². The number of rotatable bonds is 4. The van der Waals surface area contributed by atoms with Crippen LogP contribution in [-0.4, -0.2) is 13.7 Å². The van der Waals surface area contributed by atoms with Gasteiger partial charge in [0.15, 0.2) is 5.43 Å². The third-order valence-electron chi connectivity index (χ3n) is 3.28. The SMILES string of the molecule is COc1cc(OC(F)F)c2c(=O)cc(-c3ccccc3)oc2c1. The maximum absolute atomic E-state index is 12.6. The third kappa shape index (κ3) is 3.01. The molecular formula is C17H12F2O4. The molecule has 0 aliphatic rings. The van der Waals surface area contributed by atoms with E-state index in [2.05, 4.69) is 4.74 Å². The normalized spacial score (nSPS) is 11.0. The van der Waals surface area contributed by atoms with Crippen molar-refractivity contribution >= 4 is 11.0 Å². The summed E-state index contributed by atoms with van der Waals surface area (Å²) in [7, 11) is 1.38. The molecule has 0 amide bonds. The summed E-state index contributed by atoms with van der Waals surface area (Å²) >= 11 is 0. The Morgan fingerprint density at radius 1 is 1.09 bits per heavy atom. The topological polar surface area (TPSA) is 48.7 Å². The zero-order valence-electron chi connectivity index (χ0n) is 12.1. The van der Waals surface area contributed by atoms with Crippen molar-refractivity contribution in [3.8, 4) is 22.8 Å². The van der Waals surface area contributed by atoms with Gasteiger partial charge in [-0.3, -0.25) is 4.79 Å². The van der Waals surface area contributed by atoms with Crippen molar-refractivity contribution in [2.45, 2.75) is 6.61 Å². The van der Waals surface area contributed by atoms with Crippen molar-refractivity contribution in [2.24, 2.45) is 0 Å². The predicted molar refractivity (Wildman–Crippen MR) is 81.1 cm³/mol. The molecule has 6 heteroatoms. The lowest BCUT2D eigenvalue weighted by atomic mass is 10.1. The van der Waals surface area contributed by atoms with Crippen LogP contribution in [0.4, 0.5) is 8.78 Å². The molecule has 0 fully saturated rings. The van der Waals surface area contributed by atoms with Crippen LogP contribution in [0.2, 0.25) is 0 Å². The van der Waals surface area contributed by atoms with Gasteiger partial charge in [0, 0.05) is 23.8 Å². The van der Waals surface area contributed by atoms with E-state index in [1.165, 1.54) is 25.3 Å². The molecule has 1 aromatic heterocycles. The number of ether oxygens (including phenoxy) is 2. The van der Waals surface area contributed by atoms with Gasteiger partial charge in [0.1, 0.15) is 28.2 Å². The molecule has 0 unspecified atom stereocenters. The van der Waals surface area contributed by atoms with Crippen molar-refractivity contribution < 1.29 is 22.7 Å². The number of benzene rings is 2. The summed E-state index contributed by atoms with van der Waals surface area (Å²) in [5.74, 6) is 0.309. The molecule has 118 valence electrons. The van der Waals surface area contributed by atoms with Crippen LogP contribution in [0.3, 0.4) is 0 Å². The fraction of sp³-hybridized carbons (Fsp3) is 0.118. The van der Waals surface area contributed by atoms with Gasteiger partial charge in [-0.1, -0.05) is 30.3 Å². The van der Waals surface area contributed by atoms with E-state index in [4.69, 9.17) is 9.15 Å². The second-order valence-electron chi connectivity index (χ2n) is 4.72. The summed E-state index contributed by atoms with van der Waals surface area (Å²) < 4.78 is 40.3. The molecular weight excluding hydrogens is 306 g/mol. The smallest absolute Gasteiger partial charge is 0.387 e. The Balaban J connectivity index is 2.26. The predicted octanol–water partition coefficient (Wildman–Crippen LogP) is 4.07. The second kappa shape index (κ2) is 6.08. The maximum atomic E-state index is 12.6. The molecule has 1 heterocycles. The van der Waals surface area contributed by atoms with E-state index in [1.807, 2.05) is 6.07 Å². The highest BCUT2D eigenvalue weighted by atomic mass is 19.3. The van der Waals surface area contributed by atoms with Crippen LogP contribution in [0, 0.1) is 0 Å². The number of alkyl halides is 2. The van der Waals surface area contributed by atoms with E-state index in [0.29, 0.717) is 11.3 Å². The lowest BCUT2D eigenvalue weighted by molar-refractivity contribution is -0.0489. The van der Waals surface area contributed by atoms with Crippen molar-refractivity contribution in [1.82, 2.24) is 0 Å². The Labute approximate surface area is 129 Å². The Bertz CT molecular complexity index is 888. The van der Waals surface area contributed by atoms with E-state index >= 15 is 0 Å². The van der Waals surface area contributed by atoms with Crippen LogP contribution in [0.5, 0.6) is 11.5 Å². The average molecular weight is 318 g/mol. The van der Waals surface area contributed by atoms with Gasteiger partial charge >= 0.3 is 6.61 Å². The molecule has 2 aromatic carbocycles. The Morgan fingerprint density at radius 3 is 2.48 bits per heavy atom. The summed E-state index contributed by atoms with van der Waals surface area (Å²) in [6.45, 7) is -3.06. The lowest BCUT2D eigenvalue weighted by Gasteiger charge is -2.10. The number of hydrogen-bond acceptors (Lipinski definition) is 4. The fourth-order valence-electron chi connectivity index (χ4n) is 2.28. The molecule has 3 rings (SSSR count). The molecule has 3 aromatic rings. The van der Waals surface area contributed by atoms with E-state index < -0.39 is 12.0 Å². The molecule has 0 aliphatic carbocycles. The van der Waals surface area contributed by atoms with Gasteiger partial charge in [0.25, 0.3) is 0 Å². The number of methoxy groups -OCH3 is 1. The van der Waals surface area contributed by atoms with Gasteiger partial charge < -0.3 is 13.9 Å². The Kier molecular flexibility index (Phi) is 3.97. The monoisotopic (exact) mass is 318 g/mol. The summed E-state index contributed by atoms with van der Waals surface area (Å²) in [5, 5.41) is -0.0502. The Morgan fingerprint density at radius 2 is 1.83 bits per heavy atom. The summed E-state index contributed by atoms with van der Waals surface area (Å²) in [6, 6.07) is 12.9. The molecule has 0 saturated carbocycles. The standard InChI is InChI=1S/C17H12F2O4/c1-21-11-7-14-16(15(8-11)23-17(18)19)12(20)9-13(22-14)10-5-3-2-4-6-10/h2-9,17H,1H3. The van der Waals surface area contributed by atoms with Crippen molar-refractivity contribution in [1.29, 1.82) is 0 Å². The molecule has 0 spiro atoms. The second-order valence-corrected chi connectivity index (χ2v) is 4.72. The Hall–Kier alpha value is -2.89. The first-order chi connectivity index (χ1) is 11.1. The zero-order chi connectivity index (χ0) is 16.4. The van der Waals surface area contributed by atoms with Crippen molar-refractivity contribution in [3.63, 3.8) is 0 Å². The lowest BCUT2D eigenvalue weighted by Crippen LogP contribution is -2.08. The molecule has 0 atom stereocenters. The third-order valence-corrected chi connectivity index (χ3v) is 3.28. The first kappa shape index (κ1) is 15.0. The minimum Gasteiger partial charge on any atom is -0.496 e. The quantitative estimate of drug-likeness (QED) is 0.727. The molecule has 0 bridgehead atoms. The molecule has 0 saturated heterocycles. The first-order valence-electron chi connectivity index (χ1n) is 6.74. The summed E-state index contributed by atoms with van der Waals surface area (Å²) in [4.78, 5) is 12.3. The molecule has 23 heavy (non-hydrogen) atoms. The highest BCUT2D eigenvalue weighted by Gasteiger charge is 2.16. The van der Waals surface area contributed by atoms with Gasteiger partial charge in [-0.2, -0.15) is 8.78 Å². The van der Waals surface area contributed by atoms with E-state index in [1.54, 1.807) is 24.3 Å². The van der Waals surface area contributed by atoms with Gasteiger partial charge in [-0.05, 0) is 0 Å². The summed E-state index contributed by atoms with van der Waals surface area (Å²) in [6.07, 6.45) is 0. The van der Waals surface area contributed by atoms with Crippen molar-refractivity contribution in [2.75, 3.05) is 7.11 Å². The van der Waals surface area contributed by atoms with Gasteiger partial charge in [0.2, 0.25) is 0 Å². The van der Waals surface area contributed by atoms with Crippen LogP contribution in [0.1, 0.15) is 0 Å². The van der Waals surface area contributed by atoms with Gasteiger partial charge in [-0.15, -0.1) is 0 Å². The minimum absolute atomic E-state index is 0.0502. The van der Waals surface area contributed by atoms with E-state index in [0.717, 1.165) is 0 Å². The maximum Gasteiger partial charge on any atom is 0.387 e. The molecule has 0 aliphatic heterocycles. The van der Waals surface area contributed by atoms with Crippen molar-refractivity contribution in [3.05, 3.63) is 58.8 Å². The fourth-order valence-corrected chi connectivity index (χ4v) is 2.28.